The van der Waals surface area contributed by atoms with Crippen LogP contribution in [0.3, 0.4) is 0 Å². The Hall–Kier alpha value is -3.34. The van der Waals surface area contributed by atoms with E-state index in [1.807, 2.05) is 54.6 Å². The molecule has 5 heteroatoms. The molecule has 1 atom stereocenters. The highest BCUT2D eigenvalue weighted by molar-refractivity contribution is 5.95. The van der Waals surface area contributed by atoms with Crippen molar-refractivity contribution in [2.45, 2.75) is 12.5 Å². The van der Waals surface area contributed by atoms with Crippen LogP contribution < -0.4 is 10.1 Å². The van der Waals surface area contributed by atoms with E-state index in [-0.39, 0.29) is 5.91 Å². The molecule has 0 aliphatic carbocycles. The van der Waals surface area contributed by atoms with Crippen molar-refractivity contribution in [2.24, 2.45) is 0 Å². The largest absolute Gasteiger partial charge is 0.492 e. The van der Waals surface area contributed by atoms with E-state index in [2.05, 4.69) is 5.32 Å². The lowest BCUT2D eigenvalue weighted by Crippen LogP contribution is -2.43. The zero-order chi connectivity index (χ0) is 18.6. The molecule has 0 spiro atoms. The fourth-order valence-corrected chi connectivity index (χ4v) is 3.19. The van der Waals surface area contributed by atoms with Crippen LogP contribution in [-0.2, 0) is 16.0 Å². The van der Waals surface area contributed by atoms with E-state index in [0.717, 1.165) is 22.1 Å². The molecule has 0 saturated heterocycles. The van der Waals surface area contributed by atoms with E-state index >= 15 is 0 Å². The van der Waals surface area contributed by atoms with Crippen molar-refractivity contribution < 1.29 is 19.1 Å². The Balaban J connectivity index is 1.29. The summed E-state index contributed by atoms with van der Waals surface area (Å²) in [5, 5.41) is 5.02. The highest BCUT2D eigenvalue weighted by atomic mass is 16.5. The number of benzene rings is 3. The van der Waals surface area contributed by atoms with Crippen LogP contribution in [0.1, 0.15) is 15.9 Å². The monoisotopic (exact) mass is 361 g/mol. The van der Waals surface area contributed by atoms with Crippen molar-refractivity contribution in [1.82, 2.24) is 5.32 Å². The zero-order valence-corrected chi connectivity index (χ0v) is 14.7. The molecule has 136 valence electrons. The molecule has 0 aromatic heterocycles. The summed E-state index contributed by atoms with van der Waals surface area (Å²) < 4.78 is 11.0. The van der Waals surface area contributed by atoms with Gasteiger partial charge in [0.15, 0.2) is 6.10 Å². The Labute approximate surface area is 156 Å². The summed E-state index contributed by atoms with van der Waals surface area (Å²) in [7, 11) is 0. The predicted octanol–water partition coefficient (Wildman–Crippen LogP) is 3.12. The lowest BCUT2D eigenvalue weighted by Gasteiger charge is -2.23. The van der Waals surface area contributed by atoms with Crippen LogP contribution in [0.25, 0.3) is 10.8 Å². The molecule has 0 saturated carbocycles. The lowest BCUT2D eigenvalue weighted by atomic mass is 9.98. The van der Waals surface area contributed by atoms with Crippen molar-refractivity contribution in [2.75, 3.05) is 13.2 Å². The highest BCUT2D eigenvalue weighted by Gasteiger charge is 2.30. The number of carbonyl (C=O) groups is 2. The van der Waals surface area contributed by atoms with Crippen LogP contribution >= 0.6 is 0 Å². The summed E-state index contributed by atoms with van der Waals surface area (Å²) in [4.78, 5) is 24.3. The maximum atomic E-state index is 12.3. The number of rotatable bonds is 5. The Kier molecular flexibility index (Phi) is 4.75. The predicted molar refractivity (Wildman–Crippen MR) is 102 cm³/mol. The summed E-state index contributed by atoms with van der Waals surface area (Å²) in [6.45, 7) is 0.669. The summed E-state index contributed by atoms with van der Waals surface area (Å²) in [6, 6.07) is 21.1. The van der Waals surface area contributed by atoms with Gasteiger partial charge in [-0.2, -0.15) is 0 Å². The van der Waals surface area contributed by atoms with E-state index in [1.54, 1.807) is 12.1 Å². The summed E-state index contributed by atoms with van der Waals surface area (Å²) >= 11 is 0. The van der Waals surface area contributed by atoms with Crippen LogP contribution in [-0.4, -0.2) is 31.1 Å². The molecule has 5 nitrogen and oxygen atoms in total. The SMILES string of the molecule is O=C1O[C@@H](C(=O)NCCOc2ccc3ccccc3c2)Cc2ccccc21. The Morgan fingerprint density at radius 2 is 1.81 bits per heavy atom. The number of ether oxygens (including phenoxy) is 2. The second-order valence-corrected chi connectivity index (χ2v) is 6.40. The number of amides is 1. The molecular weight excluding hydrogens is 342 g/mol. The van der Waals surface area contributed by atoms with Crippen LogP contribution in [0.4, 0.5) is 0 Å². The maximum Gasteiger partial charge on any atom is 0.339 e. The quantitative estimate of drug-likeness (QED) is 0.560. The van der Waals surface area contributed by atoms with Crippen molar-refractivity contribution >= 4 is 22.6 Å². The molecule has 1 N–H and O–H groups in total. The molecule has 1 aliphatic heterocycles. The van der Waals surface area contributed by atoms with Crippen LogP contribution in [0.15, 0.2) is 66.7 Å². The van der Waals surface area contributed by atoms with Crippen LogP contribution in [0.5, 0.6) is 5.75 Å². The van der Waals surface area contributed by atoms with E-state index in [1.165, 1.54) is 0 Å². The maximum absolute atomic E-state index is 12.3. The number of esters is 1. The van der Waals surface area contributed by atoms with Crippen LogP contribution in [0, 0.1) is 0 Å². The van der Waals surface area contributed by atoms with Gasteiger partial charge >= 0.3 is 5.97 Å². The molecule has 4 rings (SSSR count). The minimum absolute atomic E-state index is 0.306. The average molecular weight is 361 g/mol. The van der Waals surface area contributed by atoms with Crippen molar-refractivity contribution in [3.8, 4) is 5.75 Å². The molecule has 0 fully saturated rings. The van der Waals surface area contributed by atoms with Gasteiger partial charge in [0.05, 0.1) is 12.1 Å². The molecule has 1 aliphatic rings. The van der Waals surface area contributed by atoms with Crippen molar-refractivity contribution in [1.29, 1.82) is 0 Å². The van der Waals surface area contributed by atoms with Gasteiger partial charge in [0.1, 0.15) is 12.4 Å². The first kappa shape index (κ1) is 17.1. The Morgan fingerprint density at radius 1 is 1.04 bits per heavy atom. The van der Waals surface area contributed by atoms with E-state index in [0.29, 0.717) is 25.1 Å². The first-order chi connectivity index (χ1) is 13.2. The molecule has 3 aromatic carbocycles. The van der Waals surface area contributed by atoms with Gasteiger partial charge in [-0.1, -0.05) is 48.5 Å². The molecular formula is C22H19NO4. The molecule has 0 radical (unpaired) electrons. The first-order valence-electron chi connectivity index (χ1n) is 8.89. The minimum atomic E-state index is -0.798. The number of hydrogen-bond donors (Lipinski definition) is 1. The first-order valence-corrected chi connectivity index (χ1v) is 8.89. The minimum Gasteiger partial charge on any atom is -0.492 e. The molecule has 1 amide bonds. The molecule has 0 unspecified atom stereocenters. The number of nitrogens with one attached hydrogen (secondary N) is 1. The standard InChI is InChI=1S/C22H19NO4/c24-21(20-14-17-7-3-4-8-19(17)22(25)27-20)23-11-12-26-18-10-9-15-5-1-2-6-16(15)13-18/h1-10,13,20H,11-12,14H2,(H,23,24)/t20-/m1/s1. The molecule has 3 aromatic rings. The third-order valence-corrected chi connectivity index (χ3v) is 4.58. The summed E-state index contributed by atoms with van der Waals surface area (Å²) in [5.41, 5.74) is 1.36. The highest BCUT2D eigenvalue weighted by Crippen LogP contribution is 2.21. The Bertz CT molecular complexity index is 998. The zero-order valence-electron chi connectivity index (χ0n) is 14.7. The van der Waals surface area contributed by atoms with Gasteiger partial charge in [-0.3, -0.25) is 4.79 Å². The number of fused-ring (bicyclic) bond motifs is 2. The van der Waals surface area contributed by atoms with Crippen molar-refractivity contribution in [3.63, 3.8) is 0 Å². The topological polar surface area (TPSA) is 64.6 Å². The van der Waals surface area contributed by atoms with E-state index in [9.17, 15) is 9.59 Å². The van der Waals surface area contributed by atoms with Gasteiger partial charge in [-0.05, 0) is 34.5 Å². The fraction of sp³-hybridized carbons (Fsp3) is 0.182. The van der Waals surface area contributed by atoms with Gasteiger partial charge < -0.3 is 14.8 Å². The normalized spacial score (nSPS) is 15.7. The second kappa shape index (κ2) is 7.50. The summed E-state index contributed by atoms with van der Waals surface area (Å²) in [5.74, 6) is -0.00894. The van der Waals surface area contributed by atoms with Gasteiger partial charge in [-0.15, -0.1) is 0 Å². The fourth-order valence-electron chi connectivity index (χ4n) is 3.19. The number of hydrogen-bond acceptors (Lipinski definition) is 4. The number of cyclic esters (lactones) is 1. The molecule has 1 heterocycles. The second-order valence-electron chi connectivity index (χ2n) is 6.40. The number of carbonyl (C=O) groups excluding carboxylic acids is 2. The van der Waals surface area contributed by atoms with E-state index < -0.39 is 12.1 Å². The van der Waals surface area contributed by atoms with Gasteiger partial charge in [0, 0.05) is 6.42 Å². The third-order valence-electron chi connectivity index (χ3n) is 4.58. The molecule has 0 bridgehead atoms. The van der Waals surface area contributed by atoms with E-state index in [4.69, 9.17) is 9.47 Å². The Morgan fingerprint density at radius 3 is 2.70 bits per heavy atom. The third kappa shape index (κ3) is 3.77. The molecule has 27 heavy (non-hydrogen) atoms. The van der Waals surface area contributed by atoms with Gasteiger partial charge in [0.2, 0.25) is 0 Å². The van der Waals surface area contributed by atoms with Crippen molar-refractivity contribution in [3.05, 3.63) is 77.9 Å². The van der Waals surface area contributed by atoms with Gasteiger partial charge in [0.25, 0.3) is 5.91 Å². The lowest BCUT2D eigenvalue weighted by molar-refractivity contribution is -0.130. The summed E-state index contributed by atoms with van der Waals surface area (Å²) in [6.07, 6.45) is -0.410. The average Bonchev–Trinajstić information content (AvgIpc) is 2.71. The van der Waals surface area contributed by atoms with Gasteiger partial charge in [-0.25, -0.2) is 4.79 Å². The van der Waals surface area contributed by atoms with Crippen LogP contribution in [0.2, 0.25) is 0 Å². The smallest absolute Gasteiger partial charge is 0.339 e.